The van der Waals surface area contributed by atoms with Crippen molar-refractivity contribution in [3.8, 4) is 0 Å². The molecule has 1 aromatic carbocycles. The first-order chi connectivity index (χ1) is 11.9. The zero-order valence-electron chi connectivity index (χ0n) is 15.0. The molecule has 0 bridgehead atoms. The number of nitrogens with zero attached hydrogens (tertiary/aromatic N) is 2. The molecule has 5 nitrogen and oxygen atoms in total. The van der Waals surface area contributed by atoms with Crippen LogP contribution in [0.4, 0.5) is 5.69 Å². The van der Waals surface area contributed by atoms with Crippen molar-refractivity contribution in [2.45, 2.75) is 33.1 Å². The van der Waals surface area contributed by atoms with Gasteiger partial charge in [-0.05, 0) is 48.9 Å². The van der Waals surface area contributed by atoms with Crippen LogP contribution in [0.25, 0.3) is 0 Å². The summed E-state index contributed by atoms with van der Waals surface area (Å²) in [6.07, 6.45) is 1.06. The third kappa shape index (κ3) is 4.15. The van der Waals surface area contributed by atoms with Crippen LogP contribution in [0.1, 0.15) is 47.9 Å². The fourth-order valence-electron chi connectivity index (χ4n) is 3.22. The molecule has 1 aromatic heterocycles. The van der Waals surface area contributed by atoms with Crippen molar-refractivity contribution in [1.29, 1.82) is 0 Å². The van der Waals surface area contributed by atoms with E-state index in [2.05, 4.69) is 47.3 Å². The molecular formula is C19H25ClN4O. The van der Waals surface area contributed by atoms with E-state index in [4.69, 9.17) is 11.6 Å². The molecule has 1 atom stereocenters. The van der Waals surface area contributed by atoms with E-state index in [1.54, 1.807) is 0 Å². The number of aryl methyl sites for hydroxylation is 1. The van der Waals surface area contributed by atoms with Gasteiger partial charge in [0.05, 0.1) is 0 Å². The lowest BCUT2D eigenvalue weighted by molar-refractivity contribution is 0.0943. The first kappa shape index (κ1) is 17.8. The Morgan fingerprint density at radius 1 is 1.44 bits per heavy atom. The van der Waals surface area contributed by atoms with Gasteiger partial charge in [-0.2, -0.15) is 5.10 Å². The lowest BCUT2D eigenvalue weighted by atomic mass is 10.1. The normalized spacial score (nSPS) is 17.3. The number of hydrogen-bond donors (Lipinski definition) is 2. The van der Waals surface area contributed by atoms with Crippen molar-refractivity contribution >= 4 is 23.2 Å². The van der Waals surface area contributed by atoms with Crippen molar-refractivity contribution in [3.05, 3.63) is 46.2 Å². The number of benzene rings is 1. The van der Waals surface area contributed by atoms with E-state index in [1.165, 1.54) is 11.3 Å². The molecule has 0 spiro atoms. The van der Waals surface area contributed by atoms with Crippen LogP contribution >= 0.6 is 11.6 Å². The van der Waals surface area contributed by atoms with Crippen LogP contribution in [0.15, 0.2) is 24.3 Å². The molecule has 2 aromatic rings. The quantitative estimate of drug-likeness (QED) is 0.853. The molecular weight excluding hydrogens is 336 g/mol. The maximum atomic E-state index is 12.3. The van der Waals surface area contributed by atoms with Crippen LogP contribution < -0.4 is 10.2 Å². The van der Waals surface area contributed by atoms with Gasteiger partial charge in [0.25, 0.3) is 5.91 Å². The van der Waals surface area contributed by atoms with Crippen LogP contribution in [0, 0.1) is 12.8 Å². The lowest BCUT2D eigenvalue weighted by Gasteiger charge is -2.21. The number of rotatable bonds is 5. The Morgan fingerprint density at radius 3 is 2.96 bits per heavy atom. The van der Waals surface area contributed by atoms with Crippen LogP contribution in [0.2, 0.25) is 5.02 Å². The minimum absolute atomic E-state index is 0.111. The molecule has 134 valence electrons. The van der Waals surface area contributed by atoms with E-state index in [0.717, 1.165) is 30.2 Å². The average molecular weight is 361 g/mol. The van der Waals surface area contributed by atoms with Gasteiger partial charge in [0.1, 0.15) is 5.69 Å². The minimum atomic E-state index is -0.111. The number of aromatic amines is 1. The second-order valence-electron chi connectivity index (χ2n) is 7.10. The van der Waals surface area contributed by atoms with Gasteiger partial charge in [-0.1, -0.05) is 31.5 Å². The number of hydrogen-bond acceptors (Lipinski definition) is 3. The number of halogens is 1. The SMILES string of the molecule is Cc1ccc(Cl)cc1N1CCC(CNC(=O)c2cc(C(C)C)[nH]n2)C1. The van der Waals surface area contributed by atoms with Crippen molar-refractivity contribution in [1.82, 2.24) is 15.5 Å². The monoisotopic (exact) mass is 360 g/mol. The summed E-state index contributed by atoms with van der Waals surface area (Å²) in [5.41, 5.74) is 3.86. The van der Waals surface area contributed by atoms with Gasteiger partial charge in [0.15, 0.2) is 0 Å². The number of aromatic nitrogens is 2. The van der Waals surface area contributed by atoms with Crippen LogP contribution in [-0.4, -0.2) is 35.7 Å². The zero-order valence-corrected chi connectivity index (χ0v) is 15.7. The number of carbonyl (C=O) groups is 1. The fourth-order valence-corrected chi connectivity index (χ4v) is 3.38. The summed E-state index contributed by atoms with van der Waals surface area (Å²) in [4.78, 5) is 14.6. The van der Waals surface area contributed by atoms with E-state index < -0.39 is 0 Å². The second-order valence-corrected chi connectivity index (χ2v) is 7.54. The Kier molecular flexibility index (Phi) is 5.33. The summed E-state index contributed by atoms with van der Waals surface area (Å²) in [6, 6.07) is 7.82. The van der Waals surface area contributed by atoms with Crippen molar-refractivity contribution in [3.63, 3.8) is 0 Å². The van der Waals surface area contributed by atoms with Gasteiger partial charge in [-0.3, -0.25) is 9.89 Å². The van der Waals surface area contributed by atoms with Crippen LogP contribution in [-0.2, 0) is 0 Å². The standard InChI is InChI=1S/C19H25ClN4O/c1-12(2)16-9-17(23-22-16)19(25)21-10-14-6-7-24(11-14)18-8-15(20)5-4-13(18)3/h4-5,8-9,12,14H,6-7,10-11H2,1-3H3,(H,21,25)(H,22,23). The van der Waals surface area contributed by atoms with E-state index in [-0.39, 0.29) is 5.91 Å². The maximum absolute atomic E-state index is 12.3. The summed E-state index contributed by atoms with van der Waals surface area (Å²) in [6.45, 7) is 8.82. The predicted molar refractivity (Wildman–Crippen MR) is 102 cm³/mol. The van der Waals surface area contributed by atoms with Gasteiger partial charge >= 0.3 is 0 Å². The lowest BCUT2D eigenvalue weighted by Crippen LogP contribution is -2.31. The predicted octanol–water partition coefficient (Wildman–Crippen LogP) is 3.75. The van der Waals surface area contributed by atoms with Crippen molar-refractivity contribution in [2.24, 2.45) is 5.92 Å². The maximum Gasteiger partial charge on any atom is 0.271 e. The van der Waals surface area contributed by atoms with Crippen LogP contribution in [0.3, 0.4) is 0 Å². The Balaban J connectivity index is 1.54. The molecule has 1 unspecified atom stereocenters. The number of anilines is 1. The van der Waals surface area contributed by atoms with Crippen LogP contribution in [0.5, 0.6) is 0 Å². The summed E-state index contributed by atoms with van der Waals surface area (Å²) in [5.74, 6) is 0.657. The third-order valence-electron chi connectivity index (χ3n) is 4.80. The molecule has 2 heterocycles. The number of H-pyrrole nitrogens is 1. The summed E-state index contributed by atoms with van der Waals surface area (Å²) in [5, 5.41) is 10.8. The topological polar surface area (TPSA) is 61.0 Å². The number of nitrogens with one attached hydrogen (secondary N) is 2. The van der Waals surface area contributed by atoms with E-state index in [1.807, 2.05) is 18.2 Å². The molecule has 0 saturated carbocycles. The van der Waals surface area contributed by atoms with Gasteiger partial charge < -0.3 is 10.2 Å². The number of carbonyl (C=O) groups excluding carboxylic acids is 1. The zero-order chi connectivity index (χ0) is 18.0. The smallest absolute Gasteiger partial charge is 0.271 e. The van der Waals surface area contributed by atoms with Gasteiger partial charge in [-0.15, -0.1) is 0 Å². The van der Waals surface area contributed by atoms with Gasteiger partial charge in [0, 0.05) is 36.0 Å². The summed E-state index contributed by atoms with van der Waals surface area (Å²) in [7, 11) is 0. The van der Waals surface area contributed by atoms with E-state index in [9.17, 15) is 4.79 Å². The van der Waals surface area contributed by atoms with Gasteiger partial charge in [0.2, 0.25) is 0 Å². The molecule has 0 radical (unpaired) electrons. The van der Waals surface area contributed by atoms with Crippen molar-refractivity contribution in [2.75, 3.05) is 24.5 Å². The van der Waals surface area contributed by atoms with E-state index >= 15 is 0 Å². The third-order valence-corrected chi connectivity index (χ3v) is 5.04. The fraction of sp³-hybridized carbons (Fsp3) is 0.474. The minimum Gasteiger partial charge on any atom is -0.371 e. The highest BCUT2D eigenvalue weighted by Gasteiger charge is 2.24. The van der Waals surface area contributed by atoms with Crippen molar-refractivity contribution < 1.29 is 4.79 Å². The Morgan fingerprint density at radius 2 is 2.24 bits per heavy atom. The molecule has 0 aliphatic carbocycles. The molecule has 3 rings (SSSR count). The first-order valence-corrected chi connectivity index (χ1v) is 9.16. The molecule has 1 aliphatic rings. The first-order valence-electron chi connectivity index (χ1n) is 8.78. The molecule has 1 saturated heterocycles. The molecule has 6 heteroatoms. The Labute approximate surface area is 153 Å². The summed E-state index contributed by atoms with van der Waals surface area (Å²) < 4.78 is 0. The average Bonchev–Trinajstić information content (AvgIpc) is 3.24. The molecule has 1 fully saturated rings. The molecule has 1 amide bonds. The Hall–Kier alpha value is -2.01. The molecule has 2 N–H and O–H groups in total. The highest BCUT2D eigenvalue weighted by Crippen LogP contribution is 2.29. The highest BCUT2D eigenvalue weighted by atomic mass is 35.5. The highest BCUT2D eigenvalue weighted by molar-refractivity contribution is 6.30. The molecule has 25 heavy (non-hydrogen) atoms. The number of amides is 1. The molecule has 1 aliphatic heterocycles. The van der Waals surface area contributed by atoms with Gasteiger partial charge in [-0.25, -0.2) is 0 Å². The largest absolute Gasteiger partial charge is 0.371 e. The van der Waals surface area contributed by atoms with E-state index in [0.29, 0.717) is 24.1 Å². The Bertz CT molecular complexity index is 756. The summed E-state index contributed by atoms with van der Waals surface area (Å²) >= 11 is 6.13. The second kappa shape index (κ2) is 7.48.